The first-order valence-corrected chi connectivity index (χ1v) is 7.40. The average molecular weight is 254 g/mol. The van der Waals surface area contributed by atoms with Gasteiger partial charge in [0.15, 0.2) is 5.13 Å². The second kappa shape index (κ2) is 5.83. The first-order valence-electron chi connectivity index (χ1n) is 6.58. The van der Waals surface area contributed by atoms with Crippen molar-refractivity contribution in [3.63, 3.8) is 0 Å². The van der Waals surface area contributed by atoms with Crippen LogP contribution in [-0.2, 0) is 13.0 Å². The van der Waals surface area contributed by atoms with Crippen LogP contribution in [0.25, 0.3) is 0 Å². The van der Waals surface area contributed by atoms with Gasteiger partial charge >= 0.3 is 0 Å². The van der Waals surface area contributed by atoms with E-state index in [0.717, 1.165) is 22.1 Å². The third kappa shape index (κ3) is 2.80. The zero-order chi connectivity index (χ0) is 12.3. The SMILES string of the molecule is CCc1nc(N(C)C2CCCCC2)sc1CO. The monoisotopic (exact) mass is 254 g/mol. The van der Waals surface area contributed by atoms with Gasteiger partial charge in [-0.3, -0.25) is 0 Å². The van der Waals surface area contributed by atoms with Gasteiger partial charge in [-0.25, -0.2) is 4.98 Å². The van der Waals surface area contributed by atoms with E-state index in [4.69, 9.17) is 0 Å². The lowest BCUT2D eigenvalue weighted by Crippen LogP contribution is -2.33. The summed E-state index contributed by atoms with van der Waals surface area (Å²) >= 11 is 1.65. The normalized spacial score (nSPS) is 17.4. The quantitative estimate of drug-likeness (QED) is 0.897. The molecule has 1 aromatic rings. The summed E-state index contributed by atoms with van der Waals surface area (Å²) in [6.07, 6.45) is 7.54. The number of anilines is 1. The predicted molar refractivity (Wildman–Crippen MR) is 72.7 cm³/mol. The molecule has 17 heavy (non-hydrogen) atoms. The van der Waals surface area contributed by atoms with Gasteiger partial charge in [-0.1, -0.05) is 37.5 Å². The Labute approximate surface area is 107 Å². The Bertz CT molecular complexity index is 337. The van der Waals surface area contributed by atoms with Crippen LogP contribution < -0.4 is 4.90 Å². The predicted octanol–water partition coefficient (Wildman–Crippen LogP) is 2.97. The summed E-state index contributed by atoms with van der Waals surface area (Å²) in [5, 5.41) is 10.4. The second-order valence-corrected chi connectivity index (χ2v) is 5.84. The maximum atomic E-state index is 9.31. The first kappa shape index (κ1) is 12.8. The summed E-state index contributed by atoms with van der Waals surface area (Å²) in [5.41, 5.74) is 1.06. The third-order valence-electron chi connectivity index (χ3n) is 3.67. The molecule has 0 unspecified atom stereocenters. The molecule has 0 aliphatic heterocycles. The third-order valence-corrected chi connectivity index (χ3v) is 4.84. The molecule has 0 aromatic carbocycles. The molecule has 1 heterocycles. The van der Waals surface area contributed by atoms with E-state index in [1.165, 1.54) is 32.1 Å². The summed E-state index contributed by atoms with van der Waals surface area (Å²) < 4.78 is 0. The molecule has 96 valence electrons. The van der Waals surface area contributed by atoms with Crippen molar-refractivity contribution >= 4 is 16.5 Å². The molecule has 4 heteroatoms. The Hall–Kier alpha value is -0.610. The Kier molecular flexibility index (Phi) is 4.40. The van der Waals surface area contributed by atoms with Crippen LogP contribution in [0.4, 0.5) is 5.13 Å². The summed E-state index contributed by atoms with van der Waals surface area (Å²) in [6.45, 7) is 2.22. The second-order valence-electron chi connectivity index (χ2n) is 4.78. The Balaban J connectivity index is 2.12. The molecule has 1 N–H and O–H groups in total. The van der Waals surface area contributed by atoms with Gasteiger partial charge in [0.05, 0.1) is 17.2 Å². The smallest absolute Gasteiger partial charge is 0.185 e. The molecule has 1 aliphatic rings. The number of aliphatic hydroxyl groups excluding tert-OH is 1. The summed E-state index contributed by atoms with van der Waals surface area (Å²) in [7, 11) is 2.15. The number of aryl methyl sites for hydroxylation is 1. The lowest BCUT2D eigenvalue weighted by molar-refractivity contribution is 0.284. The van der Waals surface area contributed by atoms with Gasteiger partial charge in [-0.05, 0) is 19.3 Å². The van der Waals surface area contributed by atoms with Crippen molar-refractivity contribution in [1.29, 1.82) is 0 Å². The lowest BCUT2D eigenvalue weighted by Gasteiger charge is -2.30. The van der Waals surface area contributed by atoms with Gasteiger partial charge in [-0.15, -0.1) is 0 Å². The molecule has 1 aliphatic carbocycles. The zero-order valence-electron chi connectivity index (χ0n) is 10.8. The van der Waals surface area contributed by atoms with Crippen LogP contribution in [0, 0.1) is 0 Å². The van der Waals surface area contributed by atoms with E-state index in [2.05, 4.69) is 23.9 Å². The molecule has 3 nitrogen and oxygen atoms in total. The maximum absolute atomic E-state index is 9.31. The van der Waals surface area contributed by atoms with Crippen LogP contribution >= 0.6 is 11.3 Å². The van der Waals surface area contributed by atoms with E-state index in [1.54, 1.807) is 11.3 Å². The van der Waals surface area contributed by atoms with Gasteiger partial charge in [0.2, 0.25) is 0 Å². The number of aromatic nitrogens is 1. The Morgan fingerprint density at radius 3 is 2.59 bits per heavy atom. The summed E-state index contributed by atoms with van der Waals surface area (Å²) in [5.74, 6) is 0. The minimum atomic E-state index is 0.124. The van der Waals surface area contributed by atoms with Crippen molar-refractivity contribution in [2.75, 3.05) is 11.9 Å². The highest BCUT2D eigenvalue weighted by Crippen LogP contribution is 2.31. The highest BCUT2D eigenvalue weighted by molar-refractivity contribution is 7.15. The van der Waals surface area contributed by atoms with Crippen molar-refractivity contribution in [2.45, 2.75) is 58.1 Å². The largest absolute Gasteiger partial charge is 0.391 e. The van der Waals surface area contributed by atoms with Crippen LogP contribution in [0.5, 0.6) is 0 Å². The molecule has 0 bridgehead atoms. The molecule has 1 aromatic heterocycles. The number of hydrogen-bond acceptors (Lipinski definition) is 4. The number of hydrogen-bond donors (Lipinski definition) is 1. The van der Waals surface area contributed by atoms with Crippen LogP contribution in [0.3, 0.4) is 0 Å². The van der Waals surface area contributed by atoms with E-state index in [0.29, 0.717) is 6.04 Å². The fourth-order valence-electron chi connectivity index (χ4n) is 2.54. The molecule has 0 atom stereocenters. The molecule has 0 amide bonds. The van der Waals surface area contributed by atoms with Crippen molar-refractivity contribution < 1.29 is 5.11 Å². The van der Waals surface area contributed by atoms with E-state index in [1.807, 2.05) is 0 Å². The van der Waals surface area contributed by atoms with Gasteiger partial charge < -0.3 is 10.0 Å². The van der Waals surface area contributed by atoms with Crippen molar-refractivity contribution in [1.82, 2.24) is 4.98 Å². The molecule has 1 saturated carbocycles. The van der Waals surface area contributed by atoms with Crippen molar-refractivity contribution in [3.05, 3.63) is 10.6 Å². The van der Waals surface area contributed by atoms with Crippen molar-refractivity contribution in [2.24, 2.45) is 0 Å². The topological polar surface area (TPSA) is 36.4 Å². The van der Waals surface area contributed by atoms with E-state index in [9.17, 15) is 5.11 Å². The van der Waals surface area contributed by atoms with Gasteiger partial charge in [0.25, 0.3) is 0 Å². The van der Waals surface area contributed by atoms with Gasteiger partial charge in [0.1, 0.15) is 0 Å². The van der Waals surface area contributed by atoms with Crippen LogP contribution in [0.2, 0.25) is 0 Å². The molecule has 0 radical (unpaired) electrons. The number of rotatable bonds is 4. The van der Waals surface area contributed by atoms with E-state index < -0.39 is 0 Å². The highest BCUT2D eigenvalue weighted by Gasteiger charge is 2.21. The van der Waals surface area contributed by atoms with Crippen LogP contribution in [-0.4, -0.2) is 23.2 Å². The van der Waals surface area contributed by atoms with Crippen LogP contribution in [0.1, 0.15) is 49.6 Å². The fraction of sp³-hybridized carbons (Fsp3) is 0.769. The summed E-state index contributed by atoms with van der Waals surface area (Å²) in [6, 6.07) is 0.645. The standard InChI is InChI=1S/C13H22N2OS/c1-3-11-12(9-16)17-13(14-11)15(2)10-7-5-4-6-8-10/h10,16H,3-9H2,1-2H3. The number of aliphatic hydroxyl groups is 1. The molecule has 0 saturated heterocycles. The van der Waals surface area contributed by atoms with E-state index >= 15 is 0 Å². The summed E-state index contributed by atoms with van der Waals surface area (Å²) in [4.78, 5) is 8.01. The Morgan fingerprint density at radius 2 is 2.06 bits per heavy atom. The highest BCUT2D eigenvalue weighted by atomic mass is 32.1. The average Bonchev–Trinajstić information content (AvgIpc) is 2.82. The van der Waals surface area contributed by atoms with Crippen LogP contribution in [0.15, 0.2) is 0 Å². The number of thiazole rings is 1. The minimum absolute atomic E-state index is 0.124. The van der Waals surface area contributed by atoms with Crippen molar-refractivity contribution in [3.8, 4) is 0 Å². The maximum Gasteiger partial charge on any atom is 0.185 e. The molecular weight excluding hydrogens is 232 g/mol. The molecular formula is C13H22N2OS. The zero-order valence-corrected chi connectivity index (χ0v) is 11.6. The van der Waals surface area contributed by atoms with Gasteiger partial charge in [-0.2, -0.15) is 0 Å². The molecule has 1 fully saturated rings. The molecule has 0 spiro atoms. The van der Waals surface area contributed by atoms with E-state index in [-0.39, 0.29) is 6.61 Å². The lowest BCUT2D eigenvalue weighted by atomic mass is 9.95. The minimum Gasteiger partial charge on any atom is -0.391 e. The van der Waals surface area contributed by atoms with Gasteiger partial charge in [0, 0.05) is 13.1 Å². The first-order chi connectivity index (χ1) is 8.26. The fourth-order valence-corrected chi connectivity index (χ4v) is 3.59. The molecule has 2 rings (SSSR count). The number of nitrogens with zero attached hydrogens (tertiary/aromatic N) is 2. The Morgan fingerprint density at radius 1 is 1.35 bits per heavy atom.